The smallest absolute Gasteiger partial charge is 0.126 e. The molecule has 2 N–H and O–H groups in total. The first-order chi connectivity index (χ1) is 8.97. The van der Waals surface area contributed by atoms with Gasteiger partial charge in [-0.3, -0.25) is 0 Å². The van der Waals surface area contributed by atoms with Gasteiger partial charge in [-0.1, -0.05) is 29.3 Å². The summed E-state index contributed by atoms with van der Waals surface area (Å²) in [7, 11) is 0. The molecular formula is C14H11Cl2F2N. The van der Waals surface area contributed by atoms with E-state index in [4.69, 9.17) is 28.9 Å². The van der Waals surface area contributed by atoms with E-state index in [9.17, 15) is 8.78 Å². The second-order valence-corrected chi connectivity index (χ2v) is 5.03. The zero-order valence-corrected chi connectivity index (χ0v) is 11.3. The van der Waals surface area contributed by atoms with Gasteiger partial charge < -0.3 is 5.73 Å². The zero-order chi connectivity index (χ0) is 14.0. The van der Waals surface area contributed by atoms with Crippen molar-refractivity contribution in [2.45, 2.75) is 12.5 Å². The molecule has 0 aliphatic carbocycles. The molecular weight excluding hydrogens is 291 g/mol. The number of hydrogen-bond acceptors (Lipinski definition) is 1. The van der Waals surface area contributed by atoms with Gasteiger partial charge >= 0.3 is 0 Å². The third-order valence-corrected chi connectivity index (χ3v) is 3.51. The van der Waals surface area contributed by atoms with Gasteiger partial charge in [-0.2, -0.15) is 0 Å². The quantitative estimate of drug-likeness (QED) is 0.886. The summed E-state index contributed by atoms with van der Waals surface area (Å²) in [5.41, 5.74) is 6.99. The summed E-state index contributed by atoms with van der Waals surface area (Å²) < 4.78 is 26.3. The molecule has 0 heterocycles. The van der Waals surface area contributed by atoms with Crippen LogP contribution in [0.3, 0.4) is 0 Å². The molecule has 0 fully saturated rings. The van der Waals surface area contributed by atoms with Crippen LogP contribution in [0.15, 0.2) is 36.4 Å². The van der Waals surface area contributed by atoms with Crippen molar-refractivity contribution in [1.29, 1.82) is 0 Å². The fourth-order valence-corrected chi connectivity index (χ4v) is 2.41. The Morgan fingerprint density at radius 1 is 1.00 bits per heavy atom. The third-order valence-electron chi connectivity index (χ3n) is 2.80. The number of hydrogen-bond donors (Lipinski definition) is 1. The molecule has 0 aliphatic heterocycles. The van der Waals surface area contributed by atoms with Crippen LogP contribution in [0.4, 0.5) is 8.78 Å². The van der Waals surface area contributed by atoms with Gasteiger partial charge in [0.25, 0.3) is 0 Å². The maximum Gasteiger partial charge on any atom is 0.126 e. The molecule has 0 aromatic heterocycles. The first kappa shape index (κ1) is 14.3. The molecule has 2 aromatic carbocycles. The SMILES string of the molecule is NC(Cc1c(Cl)cccc1Cl)c1cc(F)cc(F)c1. The first-order valence-electron chi connectivity index (χ1n) is 5.62. The summed E-state index contributed by atoms with van der Waals surface area (Å²) in [5.74, 6) is -1.31. The van der Waals surface area contributed by atoms with Crippen molar-refractivity contribution in [2.24, 2.45) is 5.73 Å². The molecule has 19 heavy (non-hydrogen) atoms. The van der Waals surface area contributed by atoms with Crippen molar-refractivity contribution >= 4 is 23.2 Å². The second kappa shape index (κ2) is 5.87. The summed E-state index contributed by atoms with van der Waals surface area (Å²) in [4.78, 5) is 0. The van der Waals surface area contributed by atoms with Crippen LogP contribution < -0.4 is 5.73 Å². The molecule has 0 aliphatic rings. The maximum absolute atomic E-state index is 13.1. The minimum absolute atomic E-state index is 0.307. The average Bonchev–Trinajstić information content (AvgIpc) is 2.32. The highest BCUT2D eigenvalue weighted by atomic mass is 35.5. The third kappa shape index (κ3) is 3.44. The Morgan fingerprint density at radius 2 is 1.53 bits per heavy atom. The van der Waals surface area contributed by atoms with E-state index in [0.717, 1.165) is 6.07 Å². The average molecular weight is 302 g/mol. The Hall–Kier alpha value is -1.16. The predicted octanol–water partition coefficient (Wildman–Crippen LogP) is 4.51. The molecule has 2 rings (SSSR count). The van der Waals surface area contributed by atoms with Crippen LogP contribution in [-0.4, -0.2) is 0 Å². The lowest BCUT2D eigenvalue weighted by atomic mass is 9.99. The predicted molar refractivity (Wildman–Crippen MR) is 73.5 cm³/mol. The van der Waals surface area contributed by atoms with Crippen LogP contribution >= 0.6 is 23.2 Å². The lowest BCUT2D eigenvalue weighted by Gasteiger charge is -2.14. The van der Waals surface area contributed by atoms with Crippen molar-refractivity contribution in [1.82, 2.24) is 0 Å². The van der Waals surface area contributed by atoms with Crippen molar-refractivity contribution in [3.63, 3.8) is 0 Å². The lowest BCUT2D eigenvalue weighted by molar-refractivity contribution is 0.572. The normalized spacial score (nSPS) is 12.5. The summed E-state index contributed by atoms with van der Waals surface area (Å²) >= 11 is 12.1. The Bertz CT molecular complexity index is 561. The Balaban J connectivity index is 2.28. The highest BCUT2D eigenvalue weighted by molar-refractivity contribution is 6.36. The molecule has 1 atom stereocenters. The molecule has 100 valence electrons. The Morgan fingerprint density at radius 3 is 2.05 bits per heavy atom. The summed E-state index contributed by atoms with van der Waals surface area (Å²) in [6.45, 7) is 0. The molecule has 2 aromatic rings. The Kier molecular flexibility index (Phi) is 4.40. The first-order valence-corrected chi connectivity index (χ1v) is 6.37. The molecule has 0 radical (unpaired) electrons. The minimum Gasteiger partial charge on any atom is -0.324 e. The van der Waals surface area contributed by atoms with Gasteiger partial charge in [0.05, 0.1) is 0 Å². The molecule has 1 nitrogen and oxygen atoms in total. The van der Waals surface area contributed by atoms with E-state index < -0.39 is 17.7 Å². The molecule has 0 amide bonds. The van der Waals surface area contributed by atoms with E-state index in [-0.39, 0.29) is 0 Å². The molecule has 1 unspecified atom stereocenters. The monoisotopic (exact) mass is 301 g/mol. The van der Waals surface area contributed by atoms with Gasteiger partial charge in [-0.15, -0.1) is 0 Å². The van der Waals surface area contributed by atoms with Crippen molar-refractivity contribution in [2.75, 3.05) is 0 Å². The second-order valence-electron chi connectivity index (χ2n) is 4.21. The van der Waals surface area contributed by atoms with Crippen LogP contribution in [0.25, 0.3) is 0 Å². The number of nitrogens with two attached hydrogens (primary N) is 1. The van der Waals surface area contributed by atoms with Crippen LogP contribution in [-0.2, 0) is 6.42 Å². The van der Waals surface area contributed by atoms with E-state index >= 15 is 0 Å². The largest absolute Gasteiger partial charge is 0.324 e. The molecule has 0 saturated heterocycles. The Labute approximate surface area is 119 Å². The standard InChI is InChI=1S/C14H11Cl2F2N/c15-12-2-1-3-13(16)11(12)7-14(19)8-4-9(17)6-10(18)5-8/h1-6,14H,7,19H2. The number of benzene rings is 2. The van der Waals surface area contributed by atoms with Crippen LogP contribution in [0, 0.1) is 11.6 Å². The van der Waals surface area contributed by atoms with E-state index in [0.29, 0.717) is 27.6 Å². The van der Waals surface area contributed by atoms with E-state index in [2.05, 4.69) is 0 Å². The van der Waals surface area contributed by atoms with Crippen molar-refractivity contribution in [3.05, 3.63) is 69.2 Å². The van der Waals surface area contributed by atoms with Gasteiger partial charge in [0.15, 0.2) is 0 Å². The van der Waals surface area contributed by atoms with Gasteiger partial charge in [-0.25, -0.2) is 8.78 Å². The zero-order valence-electron chi connectivity index (χ0n) is 9.84. The molecule has 0 saturated carbocycles. The molecule has 0 spiro atoms. The van der Waals surface area contributed by atoms with E-state index in [1.165, 1.54) is 12.1 Å². The summed E-state index contributed by atoms with van der Waals surface area (Å²) in [6.07, 6.45) is 0.307. The highest BCUT2D eigenvalue weighted by Gasteiger charge is 2.14. The van der Waals surface area contributed by atoms with Crippen molar-refractivity contribution in [3.8, 4) is 0 Å². The lowest BCUT2D eigenvalue weighted by Crippen LogP contribution is -2.14. The topological polar surface area (TPSA) is 26.0 Å². The van der Waals surface area contributed by atoms with Gasteiger partial charge in [0.2, 0.25) is 0 Å². The van der Waals surface area contributed by atoms with Gasteiger partial charge in [-0.05, 0) is 41.8 Å². The minimum atomic E-state index is -0.657. The van der Waals surface area contributed by atoms with Gasteiger partial charge in [0, 0.05) is 22.2 Å². The summed E-state index contributed by atoms with van der Waals surface area (Å²) in [6, 6.07) is 7.75. The fourth-order valence-electron chi connectivity index (χ4n) is 1.85. The molecule has 0 bridgehead atoms. The fraction of sp³-hybridized carbons (Fsp3) is 0.143. The van der Waals surface area contributed by atoms with Crippen LogP contribution in [0.2, 0.25) is 10.0 Å². The highest BCUT2D eigenvalue weighted by Crippen LogP contribution is 2.28. The van der Waals surface area contributed by atoms with E-state index in [1.807, 2.05) is 0 Å². The number of halogens is 4. The summed E-state index contributed by atoms with van der Waals surface area (Å²) in [5, 5.41) is 0.972. The molecule has 5 heteroatoms. The number of rotatable bonds is 3. The maximum atomic E-state index is 13.1. The van der Waals surface area contributed by atoms with Crippen molar-refractivity contribution < 1.29 is 8.78 Å². The van der Waals surface area contributed by atoms with Crippen LogP contribution in [0.5, 0.6) is 0 Å². The van der Waals surface area contributed by atoms with E-state index in [1.54, 1.807) is 18.2 Å². The van der Waals surface area contributed by atoms with Gasteiger partial charge in [0.1, 0.15) is 11.6 Å². The van der Waals surface area contributed by atoms with Crippen LogP contribution in [0.1, 0.15) is 17.2 Å².